The molecule has 2 aromatic rings. The summed E-state index contributed by atoms with van der Waals surface area (Å²) >= 11 is 0. The number of rotatable bonds is 1. The van der Waals surface area contributed by atoms with Gasteiger partial charge in [-0.2, -0.15) is 5.10 Å². The van der Waals surface area contributed by atoms with Gasteiger partial charge in [0.1, 0.15) is 0 Å². The fourth-order valence-corrected chi connectivity index (χ4v) is 2.77. The summed E-state index contributed by atoms with van der Waals surface area (Å²) in [4.78, 5) is 14.5. The molecule has 0 radical (unpaired) electrons. The lowest BCUT2D eigenvalue weighted by Gasteiger charge is -2.35. The second-order valence-corrected chi connectivity index (χ2v) is 5.30. The van der Waals surface area contributed by atoms with Crippen molar-refractivity contribution in [2.24, 2.45) is 0 Å². The van der Waals surface area contributed by atoms with Crippen LogP contribution in [-0.4, -0.2) is 46.2 Å². The van der Waals surface area contributed by atoms with Gasteiger partial charge in [-0.3, -0.25) is 9.89 Å². The molecule has 1 fully saturated rings. The minimum Gasteiger partial charge on any atom is -0.334 e. The molecule has 0 bridgehead atoms. The van der Waals surface area contributed by atoms with Gasteiger partial charge in [0.25, 0.3) is 5.91 Å². The molecule has 2 N–H and O–H groups in total. The Balaban J connectivity index is 0.00000147. The van der Waals surface area contributed by atoms with Crippen molar-refractivity contribution in [3.05, 3.63) is 30.0 Å². The van der Waals surface area contributed by atoms with Crippen LogP contribution in [0.2, 0.25) is 0 Å². The van der Waals surface area contributed by atoms with Crippen LogP contribution in [0.25, 0.3) is 10.9 Å². The first-order valence-electron chi connectivity index (χ1n) is 6.63. The van der Waals surface area contributed by atoms with E-state index in [2.05, 4.69) is 29.4 Å². The van der Waals surface area contributed by atoms with Crippen molar-refractivity contribution in [3.63, 3.8) is 0 Å². The number of hydrogen-bond donors (Lipinski definition) is 2. The molecule has 0 aliphatic carbocycles. The summed E-state index contributed by atoms with van der Waals surface area (Å²) < 4.78 is 0. The Bertz CT molecular complexity index is 602. The van der Waals surface area contributed by atoms with Crippen LogP contribution >= 0.6 is 12.4 Å². The molecule has 3 rings (SSSR count). The minimum absolute atomic E-state index is 0. The Morgan fingerprint density at radius 3 is 2.60 bits per heavy atom. The second kappa shape index (κ2) is 5.81. The highest BCUT2D eigenvalue weighted by molar-refractivity contribution is 6.04. The number of para-hydroxylation sites is 1. The molecular formula is C14H19ClN4O. The van der Waals surface area contributed by atoms with Crippen molar-refractivity contribution in [3.8, 4) is 0 Å². The van der Waals surface area contributed by atoms with E-state index in [0.29, 0.717) is 17.8 Å². The number of aromatic nitrogens is 2. The average Bonchev–Trinajstić information content (AvgIpc) is 2.80. The first kappa shape index (κ1) is 14.8. The molecule has 1 aromatic heterocycles. The molecule has 1 aliphatic rings. The standard InChI is InChI=1S/C14H18N4O.ClH/c1-9-7-18(8-10(2)15-9)14(19)13-11-5-3-4-6-12(11)16-17-13;/h3-6,9-10,15H,7-8H2,1-2H3,(H,16,17);1H. The Morgan fingerprint density at radius 2 is 1.90 bits per heavy atom. The van der Waals surface area contributed by atoms with Crippen LogP contribution in [0.15, 0.2) is 24.3 Å². The zero-order valence-electron chi connectivity index (χ0n) is 11.6. The molecule has 1 saturated heterocycles. The highest BCUT2D eigenvalue weighted by Crippen LogP contribution is 2.18. The average molecular weight is 295 g/mol. The van der Waals surface area contributed by atoms with Gasteiger partial charge in [-0.05, 0) is 19.9 Å². The van der Waals surface area contributed by atoms with E-state index in [-0.39, 0.29) is 18.3 Å². The molecule has 20 heavy (non-hydrogen) atoms. The monoisotopic (exact) mass is 294 g/mol. The second-order valence-electron chi connectivity index (χ2n) is 5.30. The molecule has 6 heteroatoms. The zero-order chi connectivity index (χ0) is 13.4. The third-order valence-corrected chi connectivity index (χ3v) is 3.52. The molecule has 5 nitrogen and oxygen atoms in total. The predicted molar refractivity (Wildman–Crippen MR) is 81.3 cm³/mol. The molecule has 2 atom stereocenters. The molecule has 2 heterocycles. The van der Waals surface area contributed by atoms with Gasteiger partial charge >= 0.3 is 0 Å². The summed E-state index contributed by atoms with van der Waals surface area (Å²) in [6.45, 7) is 5.64. The topological polar surface area (TPSA) is 61.0 Å². The van der Waals surface area contributed by atoms with E-state index in [1.165, 1.54) is 0 Å². The lowest BCUT2D eigenvalue weighted by atomic mass is 10.1. The van der Waals surface area contributed by atoms with E-state index in [1.807, 2.05) is 29.2 Å². The summed E-state index contributed by atoms with van der Waals surface area (Å²) in [5, 5.41) is 11.4. The molecule has 1 amide bonds. The maximum Gasteiger partial charge on any atom is 0.275 e. The molecule has 0 spiro atoms. The van der Waals surface area contributed by atoms with E-state index in [0.717, 1.165) is 24.0 Å². The normalized spacial score (nSPS) is 22.6. The highest BCUT2D eigenvalue weighted by Gasteiger charge is 2.27. The Labute approximate surface area is 124 Å². The number of carbonyl (C=O) groups excluding carboxylic acids is 1. The van der Waals surface area contributed by atoms with E-state index in [9.17, 15) is 4.79 Å². The number of carbonyl (C=O) groups is 1. The third kappa shape index (κ3) is 2.64. The van der Waals surface area contributed by atoms with Crippen LogP contribution < -0.4 is 5.32 Å². The van der Waals surface area contributed by atoms with E-state index < -0.39 is 0 Å². The molecule has 108 valence electrons. The quantitative estimate of drug-likeness (QED) is 0.843. The number of nitrogens with one attached hydrogen (secondary N) is 2. The SMILES string of the molecule is CC1CN(C(=O)c2n[nH]c3ccccc23)CC(C)N1.Cl. The van der Waals surface area contributed by atoms with E-state index in [4.69, 9.17) is 0 Å². The van der Waals surface area contributed by atoms with Crippen LogP contribution in [0, 0.1) is 0 Å². The minimum atomic E-state index is 0. The molecule has 1 aliphatic heterocycles. The number of amides is 1. The first-order chi connectivity index (χ1) is 9.15. The largest absolute Gasteiger partial charge is 0.334 e. The van der Waals surface area contributed by atoms with Crippen molar-refractivity contribution in [1.29, 1.82) is 0 Å². The van der Waals surface area contributed by atoms with Gasteiger partial charge in [0.2, 0.25) is 0 Å². The van der Waals surface area contributed by atoms with Crippen molar-refractivity contribution in [2.45, 2.75) is 25.9 Å². The van der Waals surface area contributed by atoms with Crippen LogP contribution in [0.5, 0.6) is 0 Å². The number of piperazine rings is 1. The summed E-state index contributed by atoms with van der Waals surface area (Å²) in [5.74, 6) is 0.0117. The maximum absolute atomic E-state index is 12.6. The number of H-pyrrole nitrogens is 1. The van der Waals surface area contributed by atoms with Crippen molar-refractivity contribution in [1.82, 2.24) is 20.4 Å². The molecular weight excluding hydrogens is 276 g/mol. The van der Waals surface area contributed by atoms with Gasteiger partial charge in [-0.25, -0.2) is 0 Å². The summed E-state index contributed by atoms with van der Waals surface area (Å²) in [6, 6.07) is 8.36. The molecule has 0 saturated carbocycles. The molecule has 2 unspecified atom stereocenters. The smallest absolute Gasteiger partial charge is 0.275 e. The maximum atomic E-state index is 12.6. The molecule has 1 aromatic carbocycles. The van der Waals surface area contributed by atoms with Crippen LogP contribution in [-0.2, 0) is 0 Å². The summed E-state index contributed by atoms with van der Waals surface area (Å²) in [6.07, 6.45) is 0. The highest BCUT2D eigenvalue weighted by atomic mass is 35.5. The van der Waals surface area contributed by atoms with Crippen molar-refractivity contribution in [2.75, 3.05) is 13.1 Å². The predicted octanol–water partition coefficient (Wildman–Crippen LogP) is 1.81. The van der Waals surface area contributed by atoms with Crippen molar-refractivity contribution >= 4 is 29.2 Å². The van der Waals surface area contributed by atoms with Gasteiger partial charge in [0, 0.05) is 30.6 Å². The number of halogens is 1. The zero-order valence-corrected chi connectivity index (χ0v) is 12.4. The Hall–Kier alpha value is -1.59. The van der Waals surface area contributed by atoms with Gasteiger partial charge in [0.05, 0.1) is 5.52 Å². The first-order valence-corrected chi connectivity index (χ1v) is 6.63. The summed E-state index contributed by atoms with van der Waals surface area (Å²) in [7, 11) is 0. The van der Waals surface area contributed by atoms with Crippen LogP contribution in [0.4, 0.5) is 0 Å². The fourth-order valence-electron chi connectivity index (χ4n) is 2.77. The van der Waals surface area contributed by atoms with Gasteiger partial charge in [-0.15, -0.1) is 12.4 Å². The Kier molecular flexibility index (Phi) is 4.30. The summed E-state index contributed by atoms with van der Waals surface area (Å²) in [5.41, 5.74) is 1.43. The fraction of sp³-hybridized carbons (Fsp3) is 0.429. The van der Waals surface area contributed by atoms with Gasteiger partial charge < -0.3 is 10.2 Å². The van der Waals surface area contributed by atoms with E-state index >= 15 is 0 Å². The number of aromatic amines is 1. The number of nitrogens with zero attached hydrogens (tertiary/aromatic N) is 2. The van der Waals surface area contributed by atoms with Crippen LogP contribution in [0.1, 0.15) is 24.3 Å². The lowest BCUT2D eigenvalue weighted by Crippen LogP contribution is -2.55. The lowest BCUT2D eigenvalue weighted by molar-refractivity contribution is 0.0669. The van der Waals surface area contributed by atoms with Gasteiger partial charge in [0.15, 0.2) is 5.69 Å². The number of hydrogen-bond acceptors (Lipinski definition) is 3. The van der Waals surface area contributed by atoms with Gasteiger partial charge in [-0.1, -0.05) is 18.2 Å². The number of benzene rings is 1. The number of fused-ring (bicyclic) bond motifs is 1. The third-order valence-electron chi connectivity index (χ3n) is 3.52. The van der Waals surface area contributed by atoms with E-state index in [1.54, 1.807) is 0 Å². The van der Waals surface area contributed by atoms with Crippen LogP contribution in [0.3, 0.4) is 0 Å². The van der Waals surface area contributed by atoms with Crippen molar-refractivity contribution < 1.29 is 4.79 Å². The Morgan fingerprint density at radius 1 is 1.25 bits per heavy atom.